The molecule has 5 heteroatoms. The molecule has 0 radical (unpaired) electrons. The first kappa shape index (κ1) is 44.0. The van der Waals surface area contributed by atoms with E-state index >= 15 is 0 Å². The summed E-state index contributed by atoms with van der Waals surface area (Å²) in [5, 5.41) is 6.70. The van der Waals surface area contributed by atoms with Gasteiger partial charge in [-0.1, -0.05) is 128 Å². The molecule has 266 valence electrons. The number of allylic oxidation sites excluding steroid dienone is 4. The molecule has 0 amide bonds. The van der Waals surface area contributed by atoms with Crippen molar-refractivity contribution in [1.82, 2.24) is 10.6 Å². The van der Waals surface area contributed by atoms with Gasteiger partial charge in [-0.15, -0.1) is 0 Å². The minimum atomic E-state index is 0.638. The Morgan fingerprint density at radius 2 is 0.822 bits per heavy atom. The number of nitrogens with zero attached hydrogens (tertiary/aromatic N) is 1. The zero-order chi connectivity index (χ0) is 32.4. The van der Waals surface area contributed by atoms with Crippen molar-refractivity contribution in [3.05, 3.63) is 24.3 Å². The van der Waals surface area contributed by atoms with E-state index in [1.807, 2.05) is 0 Å². The summed E-state index contributed by atoms with van der Waals surface area (Å²) in [7, 11) is 0. The Kier molecular flexibility index (Phi) is 42.0. The van der Waals surface area contributed by atoms with E-state index in [0.717, 1.165) is 52.1 Å². The number of aliphatic imine (C=N–C) groups is 1. The minimum Gasteiger partial charge on any atom is -0.366 e. The molecule has 5 nitrogen and oxygen atoms in total. The van der Waals surface area contributed by atoms with E-state index in [4.69, 9.17) is 9.47 Å². The van der Waals surface area contributed by atoms with E-state index in [1.54, 1.807) is 0 Å². The van der Waals surface area contributed by atoms with Gasteiger partial charge < -0.3 is 9.47 Å². The van der Waals surface area contributed by atoms with Gasteiger partial charge in [-0.25, -0.2) is 0 Å². The molecule has 0 saturated carbocycles. The van der Waals surface area contributed by atoms with Gasteiger partial charge in [0.2, 0.25) is 0 Å². The Labute approximate surface area is 282 Å². The first-order valence-corrected chi connectivity index (χ1v) is 19.8. The van der Waals surface area contributed by atoms with Crippen molar-refractivity contribution in [1.29, 1.82) is 0 Å². The Morgan fingerprint density at radius 3 is 1.31 bits per heavy atom. The standard InChI is InChI=1S/C40H79N3O2/c1-3-5-7-9-11-13-15-17-18-20-22-24-26-28-32-38-45-40-43-36-35-41-33-29-30-34-42-39-44-37-31-27-25-23-21-19-16-14-12-10-8-6-4-2/h17-19,21,33,42-43H,3-16,20,22-32,34-40H2,1-2H3. The molecule has 0 aromatic heterocycles. The molecular weight excluding hydrogens is 554 g/mol. The number of hydrogen-bond donors (Lipinski definition) is 2. The number of nitrogens with one attached hydrogen (secondary N) is 2. The lowest BCUT2D eigenvalue weighted by Gasteiger charge is -2.06. The van der Waals surface area contributed by atoms with Crippen LogP contribution in [0.25, 0.3) is 0 Å². The topological polar surface area (TPSA) is 54.9 Å². The van der Waals surface area contributed by atoms with Crippen LogP contribution in [-0.4, -0.2) is 52.5 Å². The Hall–Kier alpha value is -1.01. The second kappa shape index (κ2) is 43.0. The van der Waals surface area contributed by atoms with Crippen molar-refractivity contribution in [2.24, 2.45) is 4.99 Å². The summed E-state index contributed by atoms with van der Waals surface area (Å²) in [5.74, 6) is 0. The van der Waals surface area contributed by atoms with Crippen LogP contribution in [0.5, 0.6) is 0 Å². The highest BCUT2D eigenvalue weighted by atomic mass is 16.5. The maximum Gasteiger partial charge on any atom is 0.0965 e. The van der Waals surface area contributed by atoms with Crippen LogP contribution in [0.2, 0.25) is 0 Å². The summed E-state index contributed by atoms with van der Waals surface area (Å²) in [6.45, 7) is 10.3. The fraction of sp³-hybridized carbons (Fsp3) is 0.875. The highest BCUT2D eigenvalue weighted by Gasteiger charge is 1.94. The highest BCUT2D eigenvalue weighted by molar-refractivity contribution is 5.56. The van der Waals surface area contributed by atoms with Gasteiger partial charge in [0.05, 0.1) is 20.0 Å². The monoisotopic (exact) mass is 634 g/mol. The number of unbranched alkanes of at least 4 members (excludes halogenated alkanes) is 21. The second-order valence-corrected chi connectivity index (χ2v) is 12.8. The van der Waals surface area contributed by atoms with Gasteiger partial charge in [0.1, 0.15) is 0 Å². The molecule has 0 fully saturated rings. The largest absolute Gasteiger partial charge is 0.366 e. The predicted octanol–water partition coefficient (Wildman–Crippen LogP) is 11.5. The van der Waals surface area contributed by atoms with Crippen molar-refractivity contribution in [2.45, 2.75) is 181 Å². The van der Waals surface area contributed by atoms with Gasteiger partial charge in [-0.05, 0) is 89.8 Å². The van der Waals surface area contributed by atoms with E-state index in [1.165, 1.54) is 148 Å². The van der Waals surface area contributed by atoms with Gasteiger partial charge in [-0.2, -0.15) is 0 Å². The zero-order valence-corrected chi connectivity index (χ0v) is 30.5. The van der Waals surface area contributed by atoms with Crippen LogP contribution in [0.15, 0.2) is 29.3 Å². The normalized spacial score (nSPS) is 12.1. The van der Waals surface area contributed by atoms with E-state index in [-0.39, 0.29) is 0 Å². The van der Waals surface area contributed by atoms with Crippen molar-refractivity contribution in [3.63, 3.8) is 0 Å². The molecule has 0 aromatic rings. The van der Waals surface area contributed by atoms with Gasteiger partial charge in [0.25, 0.3) is 0 Å². The molecule has 0 atom stereocenters. The molecule has 0 spiro atoms. The van der Waals surface area contributed by atoms with Crippen LogP contribution in [0.1, 0.15) is 181 Å². The van der Waals surface area contributed by atoms with Crippen LogP contribution in [0.4, 0.5) is 0 Å². The average Bonchev–Trinajstić information content (AvgIpc) is 3.05. The third kappa shape index (κ3) is 43.0. The lowest BCUT2D eigenvalue weighted by Crippen LogP contribution is -2.21. The van der Waals surface area contributed by atoms with E-state index in [0.29, 0.717) is 13.5 Å². The lowest BCUT2D eigenvalue weighted by molar-refractivity contribution is 0.113. The maximum atomic E-state index is 5.71. The van der Waals surface area contributed by atoms with Gasteiger partial charge in [-0.3, -0.25) is 15.6 Å². The zero-order valence-electron chi connectivity index (χ0n) is 30.5. The predicted molar refractivity (Wildman–Crippen MR) is 201 cm³/mol. The first-order valence-electron chi connectivity index (χ1n) is 19.8. The molecule has 0 rings (SSSR count). The molecule has 2 N–H and O–H groups in total. The molecule has 0 aliphatic carbocycles. The summed E-state index contributed by atoms with van der Waals surface area (Å²) < 4.78 is 11.4. The molecular formula is C40H79N3O2. The Morgan fingerprint density at radius 1 is 0.422 bits per heavy atom. The van der Waals surface area contributed by atoms with Gasteiger partial charge >= 0.3 is 0 Å². The molecule has 0 bridgehead atoms. The van der Waals surface area contributed by atoms with Crippen molar-refractivity contribution in [3.8, 4) is 0 Å². The number of rotatable bonds is 39. The van der Waals surface area contributed by atoms with Crippen molar-refractivity contribution in [2.75, 3.05) is 46.3 Å². The Bertz CT molecular complexity index is 608. The maximum absolute atomic E-state index is 5.71. The van der Waals surface area contributed by atoms with Gasteiger partial charge in [0.15, 0.2) is 0 Å². The number of hydrogen-bond acceptors (Lipinski definition) is 5. The van der Waals surface area contributed by atoms with E-state index in [2.05, 4.69) is 60.0 Å². The highest BCUT2D eigenvalue weighted by Crippen LogP contribution is 2.10. The molecule has 0 unspecified atom stereocenters. The SMILES string of the molecule is CCCCCCCCC=CCCCCCCCOCNCCN=CCCCNCOCCCCCC=CCCCCCCCC. The molecule has 0 aromatic carbocycles. The Balaban J connectivity index is 3.15. The molecule has 0 saturated heterocycles. The van der Waals surface area contributed by atoms with Crippen LogP contribution in [0.3, 0.4) is 0 Å². The van der Waals surface area contributed by atoms with Crippen LogP contribution < -0.4 is 10.6 Å². The van der Waals surface area contributed by atoms with Gasteiger partial charge in [0, 0.05) is 19.8 Å². The molecule has 0 aliphatic rings. The van der Waals surface area contributed by atoms with Crippen LogP contribution >= 0.6 is 0 Å². The third-order valence-electron chi connectivity index (χ3n) is 8.24. The summed E-state index contributed by atoms with van der Waals surface area (Å²) in [6.07, 6.45) is 45.6. The molecule has 0 aliphatic heterocycles. The van der Waals surface area contributed by atoms with E-state index < -0.39 is 0 Å². The smallest absolute Gasteiger partial charge is 0.0965 e. The summed E-state index contributed by atoms with van der Waals surface area (Å²) in [5.41, 5.74) is 0. The van der Waals surface area contributed by atoms with Crippen LogP contribution in [-0.2, 0) is 9.47 Å². The lowest BCUT2D eigenvalue weighted by atomic mass is 10.1. The quantitative estimate of drug-likeness (QED) is 0.0306. The molecule has 0 heterocycles. The van der Waals surface area contributed by atoms with Crippen molar-refractivity contribution < 1.29 is 9.47 Å². The summed E-state index contributed by atoms with van der Waals surface area (Å²) in [6, 6.07) is 0. The van der Waals surface area contributed by atoms with E-state index in [9.17, 15) is 0 Å². The molecule has 45 heavy (non-hydrogen) atoms. The summed E-state index contributed by atoms with van der Waals surface area (Å²) >= 11 is 0. The fourth-order valence-corrected chi connectivity index (χ4v) is 5.27. The fourth-order valence-electron chi connectivity index (χ4n) is 5.27. The second-order valence-electron chi connectivity index (χ2n) is 12.8. The van der Waals surface area contributed by atoms with Crippen molar-refractivity contribution >= 4 is 6.21 Å². The minimum absolute atomic E-state index is 0.638. The summed E-state index contributed by atoms with van der Waals surface area (Å²) in [4.78, 5) is 4.49. The average molecular weight is 634 g/mol. The van der Waals surface area contributed by atoms with Crippen LogP contribution in [0, 0.1) is 0 Å². The third-order valence-corrected chi connectivity index (χ3v) is 8.24. The number of ether oxygens (including phenoxy) is 2. The first-order chi connectivity index (χ1) is 22.4.